The molecular weight excluding hydrogens is 897 g/mol. The van der Waals surface area contributed by atoms with Crippen molar-refractivity contribution in [3.05, 3.63) is 310 Å². The molecule has 0 N–H and O–H groups in total. The first-order valence-corrected chi connectivity index (χ1v) is 25.2. The number of nitrogens with zero attached hydrogens (tertiary/aromatic N) is 4. The molecule has 0 fully saturated rings. The van der Waals surface area contributed by atoms with Crippen LogP contribution < -0.4 is 0 Å². The summed E-state index contributed by atoms with van der Waals surface area (Å²) in [6.45, 7) is 0. The molecule has 4 nitrogen and oxygen atoms in total. The number of aromatic nitrogens is 2. The number of hydrogen-bond acceptors (Lipinski definition) is 2. The first-order chi connectivity index (χ1) is 36.7. The summed E-state index contributed by atoms with van der Waals surface area (Å²) in [4.78, 5) is 0. The number of nitriles is 2. The minimum Gasteiger partial charge on any atom is -0.308 e. The van der Waals surface area contributed by atoms with E-state index >= 15 is 0 Å². The molecule has 4 heteroatoms. The first kappa shape index (κ1) is 41.8. The van der Waals surface area contributed by atoms with Crippen LogP contribution in [0.4, 0.5) is 0 Å². The molecule has 0 aliphatic heterocycles. The van der Waals surface area contributed by atoms with Crippen LogP contribution in [0.1, 0.15) is 55.6 Å². The van der Waals surface area contributed by atoms with E-state index in [4.69, 9.17) is 0 Å². The van der Waals surface area contributed by atoms with Crippen LogP contribution in [0, 0.1) is 22.7 Å². The molecule has 0 amide bonds. The zero-order chi connectivity index (χ0) is 49.1. The van der Waals surface area contributed by atoms with Crippen LogP contribution >= 0.6 is 0 Å². The van der Waals surface area contributed by atoms with Gasteiger partial charge in [0.1, 0.15) is 12.1 Å². The fourth-order valence-corrected chi connectivity index (χ4v) is 13.7. The summed E-state index contributed by atoms with van der Waals surface area (Å²) in [5.41, 5.74) is 19.1. The van der Waals surface area contributed by atoms with E-state index < -0.39 is 10.8 Å². The van der Waals surface area contributed by atoms with Gasteiger partial charge in [0.05, 0.1) is 55.4 Å². The Balaban J connectivity index is 0.993. The zero-order valence-corrected chi connectivity index (χ0v) is 40.0. The van der Waals surface area contributed by atoms with Crippen molar-refractivity contribution in [1.29, 1.82) is 10.5 Å². The van der Waals surface area contributed by atoms with Crippen LogP contribution in [0.3, 0.4) is 0 Å². The Hall–Kier alpha value is -10.0. The molecule has 11 aromatic carbocycles. The third-order valence-electron chi connectivity index (χ3n) is 16.4. The Morgan fingerprint density at radius 1 is 0.284 bits per heavy atom. The summed E-state index contributed by atoms with van der Waals surface area (Å²) in [6.07, 6.45) is 0. The molecule has 0 saturated heterocycles. The van der Waals surface area contributed by atoms with E-state index in [0.29, 0.717) is 22.5 Å². The zero-order valence-electron chi connectivity index (χ0n) is 40.0. The monoisotopic (exact) mass is 938 g/mol. The molecule has 2 heterocycles. The highest BCUT2D eigenvalue weighted by atomic mass is 15.0. The maximum Gasteiger partial charge on any atom is 0.103 e. The maximum atomic E-state index is 11.5. The Kier molecular flexibility index (Phi) is 8.89. The van der Waals surface area contributed by atoms with Crippen LogP contribution in [0.15, 0.2) is 255 Å². The number of para-hydroxylation sites is 2. The SMILES string of the molecule is N#Cc1c(-n2c3ccccc3c3c4c(ccc32)C(c2ccccc2)(c2ccccc2)c2ccccc2-4)ccc(-n2c3ccccc3c3c4c(ccc32)C(c2ccccc2)(c2ccccc2)c2ccccc2-4)c1C#N. The molecule has 15 rings (SSSR count). The second-order valence-corrected chi connectivity index (χ2v) is 19.6. The third-order valence-corrected chi connectivity index (χ3v) is 16.4. The summed E-state index contributed by atoms with van der Waals surface area (Å²) in [5.74, 6) is 0. The van der Waals surface area contributed by atoms with Crippen molar-refractivity contribution < 1.29 is 0 Å². The Morgan fingerprint density at radius 3 is 0.973 bits per heavy atom. The van der Waals surface area contributed by atoms with Crippen LogP contribution in [-0.4, -0.2) is 9.13 Å². The molecule has 74 heavy (non-hydrogen) atoms. The molecule has 0 saturated carbocycles. The van der Waals surface area contributed by atoms with E-state index in [1.165, 1.54) is 66.8 Å². The fraction of sp³-hybridized carbons (Fsp3) is 0.0286. The standard InChI is InChI=1S/C70H42N4/c71-43-53-54(44-72)62(74-60-36-20-16-32-52(60)68-64(74)40-38-58-66(68)50-30-14-18-34-56(50)70(58,47-25-9-3-10-26-47)48-27-11-4-12-28-48)42-41-61(53)73-59-35-19-15-31-51(59)67-63(73)39-37-57-65(67)49-29-13-17-33-55(49)69(57,45-21-5-1-6-22-45)46-23-7-2-8-24-46/h1-42H. The average molecular weight is 939 g/mol. The molecular formula is C70H42N4. The highest BCUT2D eigenvalue weighted by molar-refractivity contribution is 6.20. The second kappa shape index (κ2) is 15.8. The molecule has 13 aromatic rings. The van der Waals surface area contributed by atoms with Crippen molar-refractivity contribution in [3.8, 4) is 45.8 Å². The minimum absolute atomic E-state index is 0.320. The molecule has 2 aliphatic rings. The van der Waals surface area contributed by atoms with Gasteiger partial charge in [-0.25, -0.2) is 0 Å². The number of hydrogen-bond donors (Lipinski definition) is 0. The van der Waals surface area contributed by atoms with E-state index in [1.54, 1.807) is 0 Å². The second-order valence-electron chi connectivity index (χ2n) is 19.6. The summed E-state index contributed by atoms with van der Waals surface area (Å²) >= 11 is 0. The molecule has 342 valence electrons. The van der Waals surface area contributed by atoms with E-state index in [9.17, 15) is 10.5 Å². The fourth-order valence-electron chi connectivity index (χ4n) is 13.7. The summed E-state index contributed by atoms with van der Waals surface area (Å²) in [5, 5.41) is 27.4. The molecule has 0 bridgehead atoms. The van der Waals surface area contributed by atoms with Gasteiger partial charge in [0, 0.05) is 21.5 Å². The lowest BCUT2D eigenvalue weighted by molar-refractivity contribution is 0.769. The van der Waals surface area contributed by atoms with E-state index in [2.05, 4.69) is 276 Å². The van der Waals surface area contributed by atoms with Gasteiger partial charge in [-0.3, -0.25) is 0 Å². The topological polar surface area (TPSA) is 57.4 Å². The predicted octanol–water partition coefficient (Wildman–Crippen LogP) is 16.4. The summed E-state index contributed by atoms with van der Waals surface area (Å²) in [7, 11) is 0. The van der Waals surface area contributed by atoms with Gasteiger partial charge in [0.15, 0.2) is 0 Å². The van der Waals surface area contributed by atoms with Gasteiger partial charge >= 0.3 is 0 Å². The Morgan fingerprint density at radius 2 is 0.608 bits per heavy atom. The minimum atomic E-state index is -0.575. The smallest absolute Gasteiger partial charge is 0.103 e. The quantitative estimate of drug-likeness (QED) is 0.167. The average Bonchev–Trinajstić information content (AvgIpc) is 4.20. The Labute approximate surface area is 428 Å². The lowest BCUT2D eigenvalue weighted by Crippen LogP contribution is -2.28. The van der Waals surface area contributed by atoms with Crippen molar-refractivity contribution in [3.63, 3.8) is 0 Å². The molecule has 0 unspecified atom stereocenters. The van der Waals surface area contributed by atoms with Crippen LogP contribution in [0.5, 0.6) is 0 Å². The van der Waals surface area contributed by atoms with Gasteiger partial charge in [0.25, 0.3) is 0 Å². The lowest BCUT2D eigenvalue weighted by Gasteiger charge is -2.33. The molecule has 0 spiro atoms. The van der Waals surface area contributed by atoms with E-state index in [1.807, 2.05) is 0 Å². The van der Waals surface area contributed by atoms with Gasteiger partial charge in [-0.1, -0.05) is 218 Å². The van der Waals surface area contributed by atoms with E-state index in [0.717, 1.165) is 43.6 Å². The van der Waals surface area contributed by atoms with Crippen LogP contribution in [0.25, 0.3) is 77.2 Å². The van der Waals surface area contributed by atoms with Crippen LogP contribution in [0.2, 0.25) is 0 Å². The third kappa shape index (κ3) is 5.28. The summed E-state index contributed by atoms with van der Waals surface area (Å²) < 4.78 is 4.43. The van der Waals surface area contributed by atoms with Gasteiger partial charge in [-0.2, -0.15) is 10.5 Å². The highest BCUT2D eigenvalue weighted by Crippen LogP contribution is 2.61. The summed E-state index contributed by atoms with van der Waals surface area (Å²) in [6, 6.07) is 96.6. The number of rotatable bonds is 6. The molecule has 0 radical (unpaired) electrons. The maximum absolute atomic E-state index is 11.5. The van der Waals surface area contributed by atoms with E-state index in [-0.39, 0.29) is 0 Å². The largest absolute Gasteiger partial charge is 0.308 e. The van der Waals surface area contributed by atoms with Crippen LogP contribution in [-0.2, 0) is 10.8 Å². The highest BCUT2D eigenvalue weighted by Gasteiger charge is 2.49. The normalized spacial score (nSPS) is 13.6. The van der Waals surface area contributed by atoms with Crippen molar-refractivity contribution in [2.45, 2.75) is 10.8 Å². The number of benzene rings is 11. The van der Waals surface area contributed by atoms with Crippen molar-refractivity contribution in [2.24, 2.45) is 0 Å². The van der Waals surface area contributed by atoms with Crippen molar-refractivity contribution >= 4 is 43.6 Å². The van der Waals surface area contributed by atoms with Gasteiger partial charge in [-0.05, 0) is 103 Å². The molecule has 0 atom stereocenters. The van der Waals surface area contributed by atoms with Gasteiger partial charge in [-0.15, -0.1) is 0 Å². The van der Waals surface area contributed by atoms with Crippen molar-refractivity contribution in [1.82, 2.24) is 9.13 Å². The predicted molar refractivity (Wildman–Crippen MR) is 299 cm³/mol. The molecule has 2 aromatic heterocycles. The lowest BCUT2D eigenvalue weighted by atomic mass is 9.67. The molecule has 2 aliphatic carbocycles. The number of fused-ring (bicyclic) bond motifs is 14. The van der Waals surface area contributed by atoms with Gasteiger partial charge in [0.2, 0.25) is 0 Å². The van der Waals surface area contributed by atoms with Gasteiger partial charge < -0.3 is 9.13 Å². The Bertz CT molecular complexity index is 4180. The van der Waals surface area contributed by atoms with Crippen molar-refractivity contribution in [2.75, 3.05) is 0 Å². The first-order valence-electron chi connectivity index (χ1n) is 25.2.